The van der Waals surface area contributed by atoms with Crippen molar-refractivity contribution in [3.63, 3.8) is 0 Å². The number of ether oxygens (including phenoxy) is 1. The number of fused-ring (bicyclic) bond motifs is 1. The number of carbonyl (C=O) groups is 2. The standard InChI is InChI=1S/C20H29N3O3.ClH/c1-21-11-13-23-18-9-12-22(15-16(18)7-8-20(23)25)19(24)10-14-26-17-5-3-2-4-6-17;/h2-6,16,18,21H,7-15H2,1H3;1H/t16-,18+;/m0./s1. The second-order valence-corrected chi connectivity index (χ2v) is 7.10. The molecule has 2 fully saturated rings. The summed E-state index contributed by atoms with van der Waals surface area (Å²) in [5.74, 6) is 1.61. The third-order valence-electron chi connectivity index (χ3n) is 5.43. The Morgan fingerprint density at radius 1 is 1.26 bits per heavy atom. The fraction of sp³-hybridized carbons (Fsp3) is 0.600. The van der Waals surface area contributed by atoms with E-state index in [1.165, 1.54) is 0 Å². The van der Waals surface area contributed by atoms with Crippen LogP contribution in [0.15, 0.2) is 30.3 Å². The van der Waals surface area contributed by atoms with Crippen molar-refractivity contribution in [2.45, 2.75) is 31.7 Å². The second-order valence-electron chi connectivity index (χ2n) is 7.10. The number of piperidine rings is 2. The lowest BCUT2D eigenvalue weighted by molar-refractivity contribution is -0.144. The number of likely N-dealkylation sites (tertiary alicyclic amines) is 2. The van der Waals surface area contributed by atoms with Gasteiger partial charge in [0.25, 0.3) is 0 Å². The maximum absolute atomic E-state index is 12.5. The van der Waals surface area contributed by atoms with Gasteiger partial charge in [0.05, 0.1) is 13.0 Å². The molecule has 3 rings (SSSR count). The number of likely N-dealkylation sites (N-methyl/N-ethyl adjacent to an activating group) is 1. The maximum atomic E-state index is 12.5. The Labute approximate surface area is 167 Å². The van der Waals surface area contributed by atoms with E-state index in [2.05, 4.69) is 5.32 Å². The minimum absolute atomic E-state index is 0. The van der Waals surface area contributed by atoms with Crippen LogP contribution in [0.1, 0.15) is 25.7 Å². The van der Waals surface area contributed by atoms with Crippen LogP contribution in [0.25, 0.3) is 0 Å². The van der Waals surface area contributed by atoms with E-state index >= 15 is 0 Å². The first kappa shape index (κ1) is 21.5. The van der Waals surface area contributed by atoms with Crippen molar-refractivity contribution >= 4 is 24.2 Å². The molecule has 2 heterocycles. The smallest absolute Gasteiger partial charge is 0.226 e. The third-order valence-corrected chi connectivity index (χ3v) is 5.43. The zero-order valence-corrected chi connectivity index (χ0v) is 16.7. The lowest BCUT2D eigenvalue weighted by Gasteiger charge is -2.47. The normalized spacial score (nSPS) is 22.0. The van der Waals surface area contributed by atoms with Crippen molar-refractivity contribution < 1.29 is 14.3 Å². The average Bonchev–Trinajstić information content (AvgIpc) is 2.67. The van der Waals surface area contributed by atoms with Crippen LogP contribution in [-0.2, 0) is 9.59 Å². The van der Waals surface area contributed by atoms with Gasteiger partial charge in [0.15, 0.2) is 0 Å². The van der Waals surface area contributed by atoms with Crippen molar-refractivity contribution in [2.24, 2.45) is 5.92 Å². The molecule has 0 aliphatic carbocycles. The minimum atomic E-state index is 0. The highest BCUT2D eigenvalue weighted by Crippen LogP contribution is 2.31. The van der Waals surface area contributed by atoms with E-state index in [-0.39, 0.29) is 30.3 Å². The lowest BCUT2D eigenvalue weighted by atomic mass is 9.83. The molecule has 6 nitrogen and oxygen atoms in total. The van der Waals surface area contributed by atoms with Gasteiger partial charge in [-0.2, -0.15) is 0 Å². The van der Waals surface area contributed by atoms with Crippen LogP contribution in [0, 0.1) is 5.92 Å². The van der Waals surface area contributed by atoms with Gasteiger partial charge in [-0.1, -0.05) is 18.2 Å². The zero-order chi connectivity index (χ0) is 18.4. The predicted molar refractivity (Wildman–Crippen MR) is 107 cm³/mol. The highest BCUT2D eigenvalue weighted by molar-refractivity contribution is 5.85. The Morgan fingerprint density at radius 2 is 2.04 bits per heavy atom. The summed E-state index contributed by atoms with van der Waals surface area (Å²) in [5, 5.41) is 3.12. The molecule has 0 unspecified atom stereocenters. The lowest BCUT2D eigenvalue weighted by Crippen LogP contribution is -2.57. The quantitative estimate of drug-likeness (QED) is 0.766. The molecule has 0 aromatic heterocycles. The average molecular weight is 396 g/mol. The van der Waals surface area contributed by atoms with Crippen LogP contribution in [0.2, 0.25) is 0 Å². The molecule has 0 radical (unpaired) electrons. The molecule has 0 saturated carbocycles. The summed E-state index contributed by atoms with van der Waals surface area (Å²) < 4.78 is 5.64. The summed E-state index contributed by atoms with van der Waals surface area (Å²) in [4.78, 5) is 28.8. The first-order chi connectivity index (χ1) is 12.7. The van der Waals surface area contributed by atoms with Crippen LogP contribution < -0.4 is 10.1 Å². The Bertz CT molecular complexity index is 614. The van der Waals surface area contributed by atoms with Gasteiger partial charge >= 0.3 is 0 Å². The van der Waals surface area contributed by atoms with Gasteiger partial charge in [0, 0.05) is 38.6 Å². The molecule has 1 aromatic rings. The fourth-order valence-corrected chi connectivity index (χ4v) is 4.03. The third kappa shape index (κ3) is 5.59. The van der Waals surface area contributed by atoms with Crippen LogP contribution >= 0.6 is 12.4 Å². The van der Waals surface area contributed by atoms with E-state index in [9.17, 15) is 9.59 Å². The molecule has 0 bridgehead atoms. The maximum Gasteiger partial charge on any atom is 0.226 e. The molecule has 150 valence electrons. The Hall–Kier alpha value is -1.79. The number of nitrogens with zero attached hydrogens (tertiary/aromatic N) is 2. The molecule has 1 N–H and O–H groups in total. The van der Waals surface area contributed by atoms with E-state index in [0.717, 1.165) is 44.8 Å². The number of benzene rings is 1. The minimum Gasteiger partial charge on any atom is -0.493 e. The van der Waals surface area contributed by atoms with Crippen LogP contribution in [0.3, 0.4) is 0 Å². The van der Waals surface area contributed by atoms with Gasteiger partial charge in [-0.25, -0.2) is 0 Å². The molecule has 0 spiro atoms. The molecule has 2 atom stereocenters. The number of para-hydroxylation sites is 1. The largest absolute Gasteiger partial charge is 0.493 e. The van der Waals surface area contributed by atoms with E-state index in [1.54, 1.807) is 0 Å². The van der Waals surface area contributed by atoms with Gasteiger partial charge in [-0.05, 0) is 37.9 Å². The van der Waals surface area contributed by atoms with Crippen molar-refractivity contribution in [1.82, 2.24) is 15.1 Å². The summed E-state index contributed by atoms with van der Waals surface area (Å²) in [6, 6.07) is 9.87. The molecule has 2 saturated heterocycles. The Kier molecular flexibility index (Phi) is 8.38. The van der Waals surface area contributed by atoms with Gasteiger partial charge in [-0.15, -0.1) is 12.4 Å². The summed E-state index contributed by atoms with van der Waals surface area (Å²) in [6.07, 6.45) is 2.77. The van der Waals surface area contributed by atoms with Gasteiger partial charge in [-0.3, -0.25) is 9.59 Å². The molecule has 2 aliphatic rings. The predicted octanol–water partition coefficient (Wildman–Crippen LogP) is 1.94. The fourth-order valence-electron chi connectivity index (χ4n) is 4.03. The van der Waals surface area contributed by atoms with E-state index in [1.807, 2.05) is 47.2 Å². The van der Waals surface area contributed by atoms with Crippen LogP contribution in [0.5, 0.6) is 5.75 Å². The molecule has 7 heteroatoms. The number of amides is 2. The van der Waals surface area contributed by atoms with E-state index in [4.69, 9.17) is 4.74 Å². The number of hydrogen-bond donors (Lipinski definition) is 1. The molecule has 1 aromatic carbocycles. The summed E-state index contributed by atoms with van der Waals surface area (Å²) in [5.41, 5.74) is 0. The van der Waals surface area contributed by atoms with Crippen molar-refractivity contribution in [1.29, 1.82) is 0 Å². The number of rotatable bonds is 7. The van der Waals surface area contributed by atoms with Crippen LogP contribution in [-0.4, -0.2) is 67.5 Å². The number of nitrogens with one attached hydrogen (secondary N) is 1. The highest BCUT2D eigenvalue weighted by Gasteiger charge is 2.39. The monoisotopic (exact) mass is 395 g/mol. The Morgan fingerprint density at radius 3 is 2.78 bits per heavy atom. The summed E-state index contributed by atoms with van der Waals surface area (Å²) in [6.45, 7) is 3.47. The Balaban J connectivity index is 0.00000261. The number of halogens is 1. The topological polar surface area (TPSA) is 61.9 Å². The molecule has 2 amide bonds. The summed E-state index contributed by atoms with van der Waals surface area (Å²) >= 11 is 0. The second kappa shape index (κ2) is 10.5. The van der Waals surface area contributed by atoms with Gasteiger partial charge < -0.3 is 19.9 Å². The van der Waals surface area contributed by atoms with Gasteiger partial charge in [0.1, 0.15) is 5.75 Å². The van der Waals surface area contributed by atoms with Crippen molar-refractivity contribution in [3.05, 3.63) is 30.3 Å². The zero-order valence-electron chi connectivity index (χ0n) is 15.9. The van der Waals surface area contributed by atoms with Gasteiger partial charge in [0.2, 0.25) is 11.8 Å². The van der Waals surface area contributed by atoms with E-state index < -0.39 is 0 Å². The first-order valence-corrected chi connectivity index (χ1v) is 9.58. The number of hydrogen-bond acceptors (Lipinski definition) is 4. The molecular formula is C20H30ClN3O3. The van der Waals surface area contributed by atoms with E-state index in [0.29, 0.717) is 25.4 Å². The molecule has 27 heavy (non-hydrogen) atoms. The molecular weight excluding hydrogens is 366 g/mol. The first-order valence-electron chi connectivity index (χ1n) is 9.58. The SMILES string of the molecule is CNCCN1C(=O)CC[C@H]2CN(C(=O)CCOc3ccccc3)CC[C@H]21.Cl. The summed E-state index contributed by atoms with van der Waals surface area (Å²) in [7, 11) is 1.91. The van der Waals surface area contributed by atoms with Crippen molar-refractivity contribution in [3.8, 4) is 5.75 Å². The van der Waals surface area contributed by atoms with Crippen molar-refractivity contribution in [2.75, 3.05) is 39.8 Å². The molecule has 2 aliphatic heterocycles. The number of carbonyl (C=O) groups excluding carboxylic acids is 2. The van der Waals surface area contributed by atoms with Crippen LogP contribution in [0.4, 0.5) is 0 Å². The highest BCUT2D eigenvalue weighted by atomic mass is 35.5.